The minimum Gasteiger partial charge on any atom is -0.466 e. The maximum atomic E-state index is 14.6. The predicted octanol–water partition coefficient (Wildman–Crippen LogP) is 2.38. The summed E-state index contributed by atoms with van der Waals surface area (Å²) in [5.74, 6) is -6.28. The van der Waals surface area contributed by atoms with E-state index in [1.165, 1.54) is 27.0 Å². The van der Waals surface area contributed by atoms with Gasteiger partial charge in [0, 0.05) is 34.0 Å². The van der Waals surface area contributed by atoms with Crippen molar-refractivity contribution in [2.45, 2.75) is 83.5 Å². The molecule has 0 aromatic rings. The van der Waals surface area contributed by atoms with Crippen LogP contribution in [-0.2, 0) is 52.5 Å². The van der Waals surface area contributed by atoms with E-state index in [1.54, 1.807) is 0 Å². The van der Waals surface area contributed by atoms with Crippen LogP contribution in [0.5, 0.6) is 0 Å². The molecule has 13 heteroatoms. The maximum Gasteiger partial charge on any atom is 0.338 e. The Morgan fingerprint density at radius 3 is 2.36 bits per heavy atom. The number of esters is 5. The van der Waals surface area contributed by atoms with E-state index in [2.05, 4.69) is 6.92 Å². The number of carbonyl (C=O) groups is 6. The highest BCUT2D eigenvalue weighted by atomic mass is 16.6. The Balaban J connectivity index is 1.27. The summed E-state index contributed by atoms with van der Waals surface area (Å²) in [6.45, 7) is 6.06. The van der Waals surface area contributed by atoms with Gasteiger partial charge in [0.15, 0.2) is 5.78 Å². The largest absolute Gasteiger partial charge is 0.466 e. The number of aliphatic hydroxyl groups is 2. The normalized spacial score (nSPS) is 46.3. The van der Waals surface area contributed by atoms with Crippen molar-refractivity contribution < 1.29 is 62.7 Å². The molecule has 9 rings (SSSR count). The summed E-state index contributed by atoms with van der Waals surface area (Å²) in [5.41, 5.74) is -1.89. The van der Waals surface area contributed by atoms with E-state index in [-0.39, 0.29) is 78.4 Å². The topological polar surface area (TPSA) is 189 Å². The number of hydrogen-bond donors (Lipinski definition) is 2. The van der Waals surface area contributed by atoms with Crippen molar-refractivity contribution in [3.63, 3.8) is 0 Å². The third-order valence-electron chi connectivity index (χ3n) is 15.2. The molecule has 12 atom stereocenters. The molecule has 2 heterocycles. The number of aliphatic hydroxyl groups excluding tert-OH is 1. The molecule has 282 valence electrons. The zero-order valence-electron chi connectivity index (χ0n) is 30.4. The number of ketones is 1. The van der Waals surface area contributed by atoms with Crippen LogP contribution in [-0.4, -0.2) is 90.1 Å². The minimum absolute atomic E-state index is 0.00160. The van der Waals surface area contributed by atoms with Crippen LogP contribution in [0.15, 0.2) is 45.1 Å². The van der Waals surface area contributed by atoms with Crippen molar-refractivity contribution in [3.05, 3.63) is 45.1 Å². The quantitative estimate of drug-likeness (QED) is 0.173. The lowest BCUT2D eigenvalue weighted by atomic mass is 9.42. The van der Waals surface area contributed by atoms with Crippen molar-refractivity contribution in [2.75, 3.05) is 26.9 Å². The van der Waals surface area contributed by atoms with E-state index in [0.717, 1.165) is 17.6 Å². The second-order valence-corrected chi connectivity index (χ2v) is 17.2. The molecule has 0 radical (unpaired) electrons. The second-order valence-electron chi connectivity index (χ2n) is 17.2. The molecule has 53 heavy (non-hydrogen) atoms. The first kappa shape index (κ1) is 34.7. The summed E-state index contributed by atoms with van der Waals surface area (Å²) in [5, 5.41) is 24.6. The zero-order chi connectivity index (χ0) is 37.7. The van der Waals surface area contributed by atoms with Crippen LogP contribution < -0.4 is 0 Å². The monoisotopic (exact) mass is 732 g/mol. The van der Waals surface area contributed by atoms with Crippen molar-refractivity contribution in [1.29, 1.82) is 0 Å². The van der Waals surface area contributed by atoms with Crippen LogP contribution >= 0.6 is 0 Å². The third kappa shape index (κ3) is 4.21. The van der Waals surface area contributed by atoms with E-state index < -0.39 is 88.1 Å². The average Bonchev–Trinajstić information content (AvgIpc) is 4.05. The Hall–Kier alpha value is -4.10. The Morgan fingerprint density at radius 2 is 1.64 bits per heavy atom. The van der Waals surface area contributed by atoms with Crippen LogP contribution in [0.1, 0.15) is 66.2 Å². The third-order valence-corrected chi connectivity index (χ3v) is 15.2. The van der Waals surface area contributed by atoms with Gasteiger partial charge in [-0.1, -0.05) is 19.4 Å². The summed E-state index contributed by atoms with van der Waals surface area (Å²) in [6.07, 6.45) is 1.42. The van der Waals surface area contributed by atoms with Gasteiger partial charge in [-0.3, -0.25) is 14.4 Å². The number of allylic oxidation sites excluding steroid dienone is 1. The van der Waals surface area contributed by atoms with E-state index >= 15 is 0 Å². The number of Topliss-reactive ketones (excluding diaryl/α,β-unsaturated/α-hetero) is 1. The van der Waals surface area contributed by atoms with Gasteiger partial charge in [-0.25, -0.2) is 14.4 Å². The first-order valence-electron chi connectivity index (χ1n) is 18.6. The van der Waals surface area contributed by atoms with Crippen LogP contribution in [0.3, 0.4) is 0 Å². The molecule has 0 aromatic carbocycles. The molecule has 0 aromatic heterocycles. The highest BCUT2D eigenvalue weighted by Crippen LogP contribution is 2.83. The molecule has 2 N–H and O–H groups in total. The van der Waals surface area contributed by atoms with E-state index in [9.17, 15) is 39.0 Å². The summed E-state index contributed by atoms with van der Waals surface area (Å²) >= 11 is 0. The van der Waals surface area contributed by atoms with Gasteiger partial charge >= 0.3 is 29.8 Å². The highest BCUT2D eigenvalue weighted by Gasteiger charge is 2.84. The van der Waals surface area contributed by atoms with Crippen LogP contribution in [0.2, 0.25) is 0 Å². The number of carbonyl (C=O) groups excluding carboxylic acids is 6. The molecule has 0 unspecified atom stereocenters. The van der Waals surface area contributed by atoms with Crippen molar-refractivity contribution in [1.82, 2.24) is 0 Å². The summed E-state index contributed by atoms with van der Waals surface area (Å²) in [7, 11) is 1.22. The summed E-state index contributed by atoms with van der Waals surface area (Å²) in [4.78, 5) is 80.8. The molecule has 13 nitrogen and oxygen atoms in total. The van der Waals surface area contributed by atoms with Crippen LogP contribution in [0.4, 0.5) is 0 Å². The van der Waals surface area contributed by atoms with Crippen LogP contribution in [0.25, 0.3) is 0 Å². The Kier molecular flexibility index (Phi) is 7.19. The van der Waals surface area contributed by atoms with E-state index in [1.807, 2.05) is 6.92 Å². The standard InChI is InChI=1S/C40H44O13/c1-16-8-9-50-27(41)6-7-28(42)51-14-20-22-13-25-37(3,23-12-24(23)39(25,48)15-52-34(16)45)26-11-19-18-10-21(18)38(4)30(19)31(40(22,26)53-36(20)47)29(32(43)33(38)44)17(2)35(46)49-5/h8,18,21,23-26,31,33,44,48H,6-7,9-15H2,1-5H3/b16-8?,29-17-/t18-,21-,23-,24+,25-,26+,31+,33+,37+,38+,39+,40+/m1/s1. The molecule has 7 aliphatic carbocycles. The Labute approximate surface area is 305 Å². The van der Waals surface area contributed by atoms with Gasteiger partial charge in [0.05, 0.1) is 31.4 Å². The molecule has 1 spiro atoms. The van der Waals surface area contributed by atoms with Gasteiger partial charge in [0.2, 0.25) is 0 Å². The number of cyclic esters (lactones) is 3. The predicted molar refractivity (Wildman–Crippen MR) is 179 cm³/mol. The van der Waals surface area contributed by atoms with Crippen molar-refractivity contribution in [3.8, 4) is 0 Å². The molecule has 5 saturated carbocycles. The molecule has 0 saturated heterocycles. The number of rotatable bonds is 1. The lowest BCUT2D eigenvalue weighted by molar-refractivity contribution is -0.191. The average molecular weight is 733 g/mol. The molecular weight excluding hydrogens is 688 g/mol. The fourth-order valence-corrected chi connectivity index (χ4v) is 12.7. The lowest BCUT2D eigenvalue weighted by Crippen LogP contribution is -2.67. The van der Waals surface area contributed by atoms with Gasteiger partial charge < -0.3 is 33.9 Å². The zero-order valence-corrected chi connectivity index (χ0v) is 30.4. The molecular formula is C40H44O13. The van der Waals surface area contributed by atoms with Crippen molar-refractivity contribution >= 4 is 35.6 Å². The first-order chi connectivity index (χ1) is 25.1. The second kappa shape index (κ2) is 11.0. The Bertz CT molecular complexity index is 1970. The smallest absolute Gasteiger partial charge is 0.338 e. The highest BCUT2D eigenvalue weighted by molar-refractivity contribution is 6.09. The molecule has 9 aliphatic rings. The molecule has 5 fully saturated rings. The van der Waals surface area contributed by atoms with E-state index in [0.29, 0.717) is 18.4 Å². The van der Waals surface area contributed by atoms with Gasteiger partial charge in [0.25, 0.3) is 0 Å². The Morgan fingerprint density at radius 1 is 0.925 bits per heavy atom. The van der Waals surface area contributed by atoms with Gasteiger partial charge in [-0.05, 0) is 85.8 Å². The summed E-state index contributed by atoms with van der Waals surface area (Å²) < 4.78 is 28.4. The number of hydrogen-bond acceptors (Lipinski definition) is 13. The van der Waals surface area contributed by atoms with Gasteiger partial charge in [-0.2, -0.15) is 0 Å². The van der Waals surface area contributed by atoms with Crippen LogP contribution in [0, 0.1) is 52.3 Å². The van der Waals surface area contributed by atoms with Gasteiger partial charge in [-0.15, -0.1) is 0 Å². The maximum absolute atomic E-state index is 14.6. The minimum atomic E-state index is -1.51. The fraction of sp³-hybridized carbons (Fsp3) is 0.650. The molecule has 0 amide bonds. The lowest BCUT2D eigenvalue weighted by Gasteiger charge is -2.63. The SMILES string of the molecule is COC(=O)/C(C)=C1\C(=O)[C@H](O)[C@]2(C)C3=C(C[C@@H]4[C@]5(OC(=O)C6=C5C[C@H]5[C@](O)(COC(=O)C(C)=CCOC(=O)CCC(=O)OC6)[C@H]6C[C@H]6[C@]45C)[C@H]31)[C@H]1C[C@H]12. The first-order valence-corrected chi connectivity index (χ1v) is 18.6. The summed E-state index contributed by atoms with van der Waals surface area (Å²) in [6, 6.07) is 0. The number of ether oxygens (including phenoxy) is 5. The van der Waals surface area contributed by atoms with Crippen molar-refractivity contribution in [2.24, 2.45) is 52.3 Å². The van der Waals surface area contributed by atoms with E-state index in [4.69, 9.17) is 23.7 Å². The molecule has 2 aliphatic heterocycles. The fourth-order valence-electron chi connectivity index (χ4n) is 12.7. The molecule has 2 bridgehead atoms. The number of methoxy groups -OCH3 is 1. The number of fused-ring (bicyclic) bond motifs is 7. The van der Waals surface area contributed by atoms with Gasteiger partial charge in [0.1, 0.15) is 37.1 Å².